The molecule has 140 valence electrons. The smallest absolute Gasteiger partial charge is 0.243 e. The molecule has 3 rings (SSSR count). The van der Waals surface area contributed by atoms with E-state index in [0.29, 0.717) is 30.1 Å². The summed E-state index contributed by atoms with van der Waals surface area (Å²) in [7, 11) is -1.57. The van der Waals surface area contributed by atoms with Crippen LogP contribution in [0, 0.1) is 0 Å². The molecule has 0 aliphatic carbocycles. The Labute approximate surface area is 152 Å². The van der Waals surface area contributed by atoms with Crippen molar-refractivity contribution in [3.05, 3.63) is 29.8 Å². The fourth-order valence-electron chi connectivity index (χ4n) is 3.97. The van der Waals surface area contributed by atoms with E-state index in [1.54, 1.807) is 23.5 Å². The number of nitrogens with zero attached hydrogens (tertiary/aromatic N) is 2. The molecule has 0 unspecified atom stereocenters. The Bertz CT molecular complexity index is 644. The number of sulfonamides is 1. The van der Waals surface area contributed by atoms with E-state index in [-0.39, 0.29) is 0 Å². The molecular formula is C19H30N2O3S. The SMILES string of the molecule is CCc1ccc(S(=O)(=O)N2CCC(N3CCC(OC)CC3)CC2)cc1. The first-order valence-corrected chi connectivity index (χ1v) is 10.8. The number of likely N-dealkylation sites (tertiary alicyclic amines) is 1. The van der Waals surface area contributed by atoms with Crippen molar-refractivity contribution in [1.29, 1.82) is 0 Å². The van der Waals surface area contributed by atoms with Crippen molar-refractivity contribution < 1.29 is 13.2 Å². The third-order valence-corrected chi connectivity index (χ3v) is 7.63. The van der Waals surface area contributed by atoms with Crippen LogP contribution in [0.3, 0.4) is 0 Å². The van der Waals surface area contributed by atoms with Crippen LogP contribution in [0.2, 0.25) is 0 Å². The van der Waals surface area contributed by atoms with Gasteiger partial charge in [0.1, 0.15) is 0 Å². The second-order valence-electron chi connectivity index (χ2n) is 7.10. The van der Waals surface area contributed by atoms with E-state index in [1.165, 1.54) is 0 Å². The molecule has 25 heavy (non-hydrogen) atoms. The summed E-state index contributed by atoms with van der Waals surface area (Å²) in [4.78, 5) is 2.94. The molecule has 5 nitrogen and oxygen atoms in total. The van der Waals surface area contributed by atoms with Gasteiger partial charge in [-0.25, -0.2) is 8.42 Å². The van der Waals surface area contributed by atoms with E-state index < -0.39 is 10.0 Å². The second-order valence-corrected chi connectivity index (χ2v) is 9.04. The predicted molar refractivity (Wildman–Crippen MR) is 99.2 cm³/mol. The van der Waals surface area contributed by atoms with Crippen LogP contribution in [0.4, 0.5) is 0 Å². The Morgan fingerprint density at radius 2 is 1.60 bits per heavy atom. The third-order valence-electron chi connectivity index (χ3n) is 5.72. The van der Waals surface area contributed by atoms with Crippen molar-refractivity contribution in [3.8, 4) is 0 Å². The highest BCUT2D eigenvalue weighted by Crippen LogP contribution is 2.26. The van der Waals surface area contributed by atoms with Gasteiger partial charge in [-0.15, -0.1) is 0 Å². The molecule has 0 amide bonds. The van der Waals surface area contributed by atoms with Crippen LogP contribution in [0.5, 0.6) is 0 Å². The third kappa shape index (κ3) is 4.25. The summed E-state index contributed by atoms with van der Waals surface area (Å²) in [5.41, 5.74) is 1.16. The van der Waals surface area contributed by atoms with Crippen molar-refractivity contribution >= 4 is 10.0 Å². The van der Waals surface area contributed by atoms with Gasteiger partial charge in [-0.1, -0.05) is 19.1 Å². The maximum absolute atomic E-state index is 12.8. The van der Waals surface area contributed by atoms with E-state index in [9.17, 15) is 8.42 Å². The molecule has 6 heteroatoms. The number of benzene rings is 1. The van der Waals surface area contributed by atoms with Crippen LogP contribution < -0.4 is 0 Å². The predicted octanol–water partition coefficient (Wildman–Crippen LogP) is 2.51. The largest absolute Gasteiger partial charge is 0.381 e. The minimum absolute atomic E-state index is 0.391. The van der Waals surface area contributed by atoms with Gasteiger partial charge in [0.05, 0.1) is 11.0 Å². The minimum atomic E-state index is -3.36. The second kappa shape index (κ2) is 8.16. The monoisotopic (exact) mass is 366 g/mol. The fourth-order valence-corrected chi connectivity index (χ4v) is 5.44. The van der Waals surface area contributed by atoms with Gasteiger partial charge in [0, 0.05) is 39.3 Å². The van der Waals surface area contributed by atoms with Crippen molar-refractivity contribution in [2.75, 3.05) is 33.3 Å². The summed E-state index contributed by atoms with van der Waals surface area (Å²) < 4.78 is 32.8. The molecule has 0 spiro atoms. The maximum Gasteiger partial charge on any atom is 0.243 e. The molecule has 1 aromatic carbocycles. The Hall–Kier alpha value is -0.950. The quantitative estimate of drug-likeness (QED) is 0.803. The molecular weight excluding hydrogens is 336 g/mol. The van der Waals surface area contributed by atoms with Crippen molar-refractivity contribution in [3.63, 3.8) is 0 Å². The van der Waals surface area contributed by atoms with E-state index in [2.05, 4.69) is 11.8 Å². The molecule has 2 saturated heterocycles. The molecule has 0 atom stereocenters. The highest BCUT2D eigenvalue weighted by atomic mass is 32.2. The molecule has 0 saturated carbocycles. The highest BCUT2D eigenvalue weighted by molar-refractivity contribution is 7.89. The number of aryl methyl sites for hydroxylation is 1. The van der Waals surface area contributed by atoms with Gasteiger partial charge < -0.3 is 9.64 Å². The summed E-state index contributed by atoms with van der Waals surface area (Å²) in [6.45, 7) is 5.44. The van der Waals surface area contributed by atoms with Gasteiger partial charge in [-0.2, -0.15) is 4.31 Å². The lowest BCUT2D eigenvalue weighted by atomic mass is 10.00. The Balaban J connectivity index is 1.57. The van der Waals surface area contributed by atoms with Crippen LogP contribution in [-0.2, 0) is 21.2 Å². The van der Waals surface area contributed by atoms with Crippen LogP contribution in [0.1, 0.15) is 38.2 Å². The topological polar surface area (TPSA) is 49.9 Å². The fraction of sp³-hybridized carbons (Fsp3) is 0.684. The lowest BCUT2D eigenvalue weighted by molar-refractivity contribution is 0.0190. The average Bonchev–Trinajstić information content (AvgIpc) is 2.68. The Morgan fingerprint density at radius 1 is 1.00 bits per heavy atom. The minimum Gasteiger partial charge on any atom is -0.381 e. The van der Waals surface area contributed by atoms with Crippen LogP contribution >= 0.6 is 0 Å². The summed E-state index contributed by atoms with van der Waals surface area (Å²) >= 11 is 0. The number of ether oxygens (including phenoxy) is 1. The van der Waals surface area contributed by atoms with Crippen molar-refractivity contribution in [1.82, 2.24) is 9.21 Å². The molecule has 2 aliphatic rings. The number of rotatable bonds is 5. The highest BCUT2D eigenvalue weighted by Gasteiger charge is 2.33. The lowest BCUT2D eigenvalue weighted by Gasteiger charge is -2.41. The van der Waals surface area contributed by atoms with Crippen LogP contribution in [0.25, 0.3) is 0 Å². The van der Waals surface area contributed by atoms with Gasteiger partial charge >= 0.3 is 0 Å². The van der Waals surface area contributed by atoms with Gasteiger partial charge in [0.2, 0.25) is 10.0 Å². The van der Waals surface area contributed by atoms with Gasteiger partial charge in [0.15, 0.2) is 0 Å². The number of methoxy groups -OCH3 is 1. The normalized spacial score (nSPS) is 22.3. The zero-order valence-corrected chi connectivity index (χ0v) is 16.2. The zero-order chi connectivity index (χ0) is 17.9. The van der Waals surface area contributed by atoms with Gasteiger partial charge in [-0.3, -0.25) is 0 Å². The molecule has 0 N–H and O–H groups in total. The lowest BCUT2D eigenvalue weighted by Crippen LogP contribution is -2.49. The van der Waals surface area contributed by atoms with E-state index in [4.69, 9.17) is 4.74 Å². The molecule has 2 heterocycles. The van der Waals surface area contributed by atoms with Gasteiger partial charge in [-0.05, 0) is 49.8 Å². The molecule has 0 radical (unpaired) electrons. The first-order chi connectivity index (χ1) is 12.0. The van der Waals surface area contributed by atoms with Crippen LogP contribution in [0.15, 0.2) is 29.2 Å². The Morgan fingerprint density at radius 3 is 2.12 bits per heavy atom. The van der Waals surface area contributed by atoms with Crippen molar-refractivity contribution in [2.24, 2.45) is 0 Å². The first-order valence-electron chi connectivity index (χ1n) is 9.40. The van der Waals surface area contributed by atoms with Crippen molar-refractivity contribution in [2.45, 2.75) is 56.1 Å². The standard InChI is InChI=1S/C19H30N2O3S/c1-3-16-4-6-19(7-5-16)25(22,23)21-14-8-17(9-15-21)20-12-10-18(24-2)11-13-20/h4-7,17-18H,3,8-15H2,1-2H3. The van der Waals surface area contributed by atoms with E-state index in [0.717, 1.165) is 50.8 Å². The zero-order valence-electron chi connectivity index (χ0n) is 15.4. The summed E-state index contributed by atoms with van der Waals surface area (Å²) in [5, 5.41) is 0. The maximum atomic E-state index is 12.8. The summed E-state index contributed by atoms with van der Waals surface area (Å²) in [6.07, 6.45) is 5.32. The molecule has 0 aromatic heterocycles. The molecule has 1 aromatic rings. The first kappa shape index (κ1) is 18.8. The molecule has 2 fully saturated rings. The Kier molecular flexibility index (Phi) is 6.15. The van der Waals surface area contributed by atoms with Gasteiger partial charge in [0.25, 0.3) is 0 Å². The number of hydrogen-bond donors (Lipinski definition) is 0. The number of hydrogen-bond acceptors (Lipinski definition) is 4. The number of piperidine rings is 2. The molecule has 2 aliphatic heterocycles. The van der Waals surface area contributed by atoms with Crippen LogP contribution in [-0.4, -0.2) is 63.1 Å². The summed E-state index contributed by atoms with van der Waals surface area (Å²) in [5.74, 6) is 0. The van der Waals surface area contributed by atoms with E-state index >= 15 is 0 Å². The van der Waals surface area contributed by atoms with E-state index in [1.807, 2.05) is 12.1 Å². The average molecular weight is 367 g/mol. The summed E-state index contributed by atoms with van der Waals surface area (Å²) in [6, 6.07) is 7.83. The molecule has 0 bridgehead atoms.